The lowest BCUT2D eigenvalue weighted by molar-refractivity contribution is 0.0625. The molecule has 2 fully saturated rings. The van der Waals surface area contributed by atoms with E-state index in [1.807, 2.05) is 4.90 Å². The summed E-state index contributed by atoms with van der Waals surface area (Å²) in [6, 6.07) is 7.78. The molecule has 4 heterocycles. The molecule has 1 unspecified atom stereocenters. The molecule has 0 N–H and O–H groups in total. The lowest BCUT2D eigenvalue weighted by atomic mass is 9.87. The van der Waals surface area contributed by atoms with E-state index < -0.39 is 0 Å². The van der Waals surface area contributed by atoms with E-state index in [2.05, 4.69) is 22.4 Å². The van der Waals surface area contributed by atoms with Gasteiger partial charge in [-0.2, -0.15) is 0 Å². The van der Waals surface area contributed by atoms with Crippen molar-refractivity contribution in [2.75, 3.05) is 39.4 Å². The first-order valence-corrected chi connectivity index (χ1v) is 9.27. The zero-order chi connectivity index (χ0) is 16.4. The van der Waals surface area contributed by atoms with Crippen molar-refractivity contribution in [1.29, 1.82) is 0 Å². The van der Waals surface area contributed by atoms with Crippen LogP contribution in [0.1, 0.15) is 21.9 Å². The molecule has 1 atom stereocenters. The van der Waals surface area contributed by atoms with Crippen molar-refractivity contribution in [2.45, 2.75) is 13.0 Å². The predicted octanol–water partition coefficient (Wildman–Crippen LogP) is 2.71. The van der Waals surface area contributed by atoms with Crippen molar-refractivity contribution < 1.29 is 13.9 Å². The van der Waals surface area contributed by atoms with E-state index in [1.165, 1.54) is 4.88 Å². The number of likely N-dealkylation sites (tertiary alicyclic amines) is 1. The van der Waals surface area contributed by atoms with Crippen LogP contribution in [0.15, 0.2) is 40.3 Å². The summed E-state index contributed by atoms with van der Waals surface area (Å²) in [5.74, 6) is 0.391. The highest BCUT2D eigenvalue weighted by Crippen LogP contribution is 2.35. The summed E-state index contributed by atoms with van der Waals surface area (Å²) in [4.78, 5) is 18.4. The number of carbonyl (C=O) groups is 1. The number of furan rings is 1. The summed E-state index contributed by atoms with van der Waals surface area (Å²) in [7, 11) is 0. The summed E-state index contributed by atoms with van der Waals surface area (Å²) in [5.41, 5.74) is 0.0377. The van der Waals surface area contributed by atoms with Crippen molar-refractivity contribution in [2.24, 2.45) is 5.41 Å². The maximum Gasteiger partial charge on any atom is 0.289 e. The standard InChI is InChI=1S/C18H22N2O3S/c21-17(16-4-1-8-23-16)20-7-9-22-14-18(13-20)5-6-19(12-18)11-15-3-2-10-24-15/h1-4,8,10H,5-7,9,11-14H2. The summed E-state index contributed by atoms with van der Waals surface area (Å²) in [6.07, 6.45) is 2.62. The van der Waals surface area contributed by atoms with Gasteiger partial charge in [0.2, 0.25) is 0 Å². The Bertz CT molecular complexity index is 671. The summed E-state index contributed by atoms with van der Waals surface area (Å²) in [5, 5.41) is 2.12. The first kappa shape index (κ1) is 15.9. The molecule has 0 aromatic carbocycles. The Labute approximate surface area is 145 Å². The Balaban J connectivity index is 1.45. The molecule has 0 aliphatic carbocycles. The number of ether oxygens (including phenoxy) is 1. The fourth-order valence-electron chi connectivity index (χ4n) is 3.75. The van der Waals surface area contributed by atoms with E-state index in [4.69, 9.17) is 9.15 Å². The van der Waals surface area contributed by atoms with Crippen LogP contribution in [0.2, 0.25) is 0 Å². The molecule has 2 aromatic heterocycles. The number of hydrogen-bond acceptors (Lipinski definition) is 5. The predicted molar refractivity (Wildman–Crippen MR) is 92.1 cm³/mol. The van der Waals surface area contributed by atoms with Crippen LogP contribution < -0.4 is 0 Å². The van der Waals surface area contributed by atoms with E-state index in [0.717, 1.165) is 39.2 Å². The van der Waals surface area contributed by atoms with E-state index in [1.54, 1.807) is 29.7 Å². The van der Waals surface area contributed by atoms with Gasteiger partial charge >= 0.3 is 0 Å². The smallest absolute Gasteiger partial charge is 0.289 e. The van der Waals surface area contributed by atoms with Gasteiger partial charge < -0.3 is 14.1 Å². The monoisotopic (exact) mass is 346 g/mol. The molecule has 5 nitrogen and oxygen atoms in total. The lowest BCUT2D eigenvalue weighted by Crippen LogP contribution is -2.43. The van der Waals surface area contributed by atoms with Crippen LogP contribution in [0.5, 0.6) is 0 Å². The highest BCUT2D eigenvalue weighted by molar-refractivity contribution is 7.09. The Hall–Kier alpha value is -1.63. The van der Waals surface area contributed by atoms with Crippen LogP contribution in [0, 0.1) is 5.41 Å². The lowest BCUT2D eigenvalue weighted by Gasteiger charge is -2.31. The molecule has 2 aromatic rings. The molecular formula is C18H22N2O3S. The van der Waals surface area contributed by atoms with Crippen LogP contribution >= 0.6 is 11.3 Å². The molecule has 2 saturated heterocycles. The van der Waals surface area contributed by atoms with E-state index in [-0.39, 0.29) is 11.3 Å². The molecule has 0 bridgehead atoms. The van der Waals surface area contributed by atoms with Crippen LogP contribution in [0.3, 0.4) is 0 Å². The highest BCUT2D eigenvalue weighted by Gasteiger charge is 2.42. The molecule has 0 radical (unpaired) electrons. The minimum atomic E-state index is -0.0263. The summed E-state index contributed by atoms with van der Waals surface area (Å²) in [6.45, 7) is 5.73. The molecule has 128 valence electrons. The number of amides is 1. The maximum atomic E-state index is 12.7. The fourth-order valence-corrected chi connectivity index (χ4v) is 4.50. The van der Waals surface area contributed by atoms with Gasteiger partial charge in [0.15, 0.2) is 5.76 Å². The molecule has 1 amide bonds. The number of rotatable bonds is 3. The largest absolute Gasteiger partial charge is 0.459 e. The third kappa shape index (κ3) is 3.27. The van der Waals surface area contributed by atoms with Gasteiger partial charge in [-0.05, 0) is 36.5 Å². The number of hydrogen-bond donors (Lipinski definition) is 0. The quantitative estimate of drug-likeness (QED) is 0.857. The second-order valence-electron chi connectivity index (χ2n) is 6.80. The van der Waals surface area contributed by atoms with Crippen LogP contribution in [0.4, 0.5) is 0 Å². The minimum absolute atomic E-state index is 0.0263. The van der Waals surface area contributed by atoms with Crippen molar-refractivity contribution >= 4 is 17.2 Å². The van der Waals surface area contributed by atoms with Gasteiger partial charge in [-0.1, -0.05) is 6.07 Å². The van der Waals surface area contributed by atoms with Crippen molar-refractivity contribution in [3.8, 4) is 0 Å². The average molecular weight is 346 g/mol. The van der Waals surface area contributed by atoms with Crippen LogP contribution in [0.25, 0.3) is 0 Å². The highest BCUT2D eigenvalue weighted by atomic mass is 32.1. The first-order valence-electron chi connectivity index (χ1n) is 8.39. The van der Waals surface area contributed by atoms with Gasteiger partial charge in [0.05, 0.1) is 19.5 Å². The zero-order valence-corrected chi connectivity index (χ0v) is 14.5. The van der Waals surface area contributed by atoms with E-state index in [9.17, 15) is 4.79 Å². The topological polar surface area (TPSA) is 45.9 Å². The molecule has 0 saturated carbocycles. The number of carbonyl (C=O) groups excluding carboxylic acids is 1. The molecule has 1 spiro atoms. The van der Waals surface area contributed by atoms with Crippen molar-refractivity contribution in [3.63, 3.8) is 0 Å². The SMILES string of the molecule is O=C(c1ccco1)N1CCOCC2(CCN(Cc3cccs3)C2)C1. The Morgan fingerprint density at radius 2 is 2.21 bits per heavy atom. The molecule has 24 heavy (non-hydrogen) atoms. The van der Waals surface area contributed by atoms with Gasteiger partial charge in [0, 0.05) is 36.5 Å². The average Bonchev–Trinajstić information content (AvgIpc) is 3.30. The third-order valence-electron chi connectivity index (χ3n) is 4.94. The summed E-state index contributed by atoms with van der Waals surface area (Å²) >= 11 is 1.80. The van der Waals surface area contributed by atoms with Crippen molar-refractivity contribution in [1.82, 2.24) is 9.80 Å². The third-order valence-corrected chi connectivity index (χ3v) is 5.80. The molecular weight excluding hydrogens is 324 g/mol. The van der Waals surface area contributed by atoms with Gasteiger partial charge in [-0.15, -0.1) is 11.3 Å². The Kier molecular flexibility index (Phi) is 4.43. The number of thiophene rings is 1. The normalized spacial score (nSPS) is 25.2. The van der Waals surface area contributed by atoms with Crippen molar-refractivity contribution in [3.05, 3.63) is 46.5 Å². The second kappa shape index (κ2) is 6.70. The molecule has 2 aliphatic heterocycles. The van der Waals surface area contributed by atoms with Gasteiger partial charge in [-0.25, -0.2) is 0 Å². The zero-order valence-electron chi connectivity index (χ0n) is 13.6. The number of nitrogens with zero attached hydrogens (tertiary/aromatic N) is 2. The fraction of sp³-hybridized carbons (Fsp3) is 0.500. The van der Waals surface area contributed by atoms with Crippen LogP contribution in [-0.2, 0) is 11.3 Å². The Morgan fingerprint density at radius 3 is 3.00 bits per heavy atom. The van der Waals surface area contributed by atoms with E-state index in [0.29, 0.717) is 18.9 Å². The molecule has 6 heteroatoms. The maximum absolute atomic E-state index is 12.7. The first-order chi connectivity index (χ1) is 11.7. The molecule has 2 aliphatic rings. The summed E-state index contributed by atoms with van der Waals surface area (Å²) < 4.78 is 11.2. The second-order valence-corrected chi connectivity index (χ2v) is 7.83. The van der Waals surface area contributed by atoms with Gasteiger partial charge in [-0.3, -0.25) is 9.69 Å². The van der Waals surface area contributed by atoms with Gasteiger partial charge in [0.1, 0.15) is 0 Å². The molecule has 4 rings (SSSR count). The van der Waals surface area contributed by atoms with Gasteiger partial charge in [0.25, 0.3) is 5.91 Å². The minimum Gasteiger partial charge on any atom is -0.459 e. The van der Waals surface area contributed by atoms with Crippen LogP contribution in [-0.4, -0.2) is 55.1 Å². The Morgan fingerprint density at radius 1 is 1.25 bits per heavy atom. The van der Waals surface area contributed by atoms with E-state index >= 15 is 0 Å².